The fourth-order valence-corrected chi connectivity index (χ4v) is 2.76. The van der Waals surface area contributed by atoms with E-state index in [9.17, 15) is 4.39 Å². The van der Waals surface area contributed by atoms with Crippen LogP contribution in [0.15, 0.2) is 18.2 Å². The summed E-state index contributed by atoms with van der Waals surface area (Å²) in [7, 11) is 0. The van der Waals surface area contributed by atoms with E-state index in [4.69, 9.17) is 17.3 Å². The van der Waals surface area contributed by atoms with Gasteiger partial charge in [0.2, 0.25) is 0 Å². The Morgan fingerprint density at radius 2 is 1.90 bits per heavy atom. The van der Waals surface area contributed by atoms with E-state index >= 15 is 0 Å². The second kappa shape index (κ2) is 8.60. The Labute approximate surface area is 127 Å². The second-order valence-electron chi connectivity index (χ2n) is 5.20. The molecule has 0 heterocycles. The predicted molar refractivity (Wildman–Crippen MR) is 84.5 cm³/mol. The lowest BCUT2D eigenvalue weighted by molar-refractivity contribution is 0.174. The largest absolute Gasteiger partial charge is 0.329 e. The molecule has 1 aromatic rings. The Balaban J connectivity index is 2.93. The summed E-state index contributed by atoms with van der Waals surface area (Å²) in [6.45, 7) is 9.02. The number of nitrogens with two attached hydrogens (primary N) is 1. The number of halogens is 2. The van der Waals surface area contributed by atoms with Crippen molar-refractivity contribution in [3.05, 3.63) is 34.6 Å². The topological polar surface area (TPSA) is 29.3 Å². The van der Waals surface area contributed by atoms with Crippen molar-refractivity contribution in [1.29, 1.82) is 0 Å². The zero-order valence-corrected chi connectivity index (χ0v) is 13.5. The number of nitrogens with zero attached hydrogens (tertiary/aromatic N) is 1. The maximum absolute atomic E-state index is 13.3. The normalized spacial score (nSPS) is 13.2. The van der Waals surface area contributed by atoms with Gasteiger partial charge in [-0.25, -0.2) is 4.39 Å². The van der Waals surface area contributed by atoms with Crippen LogP contribution in [0.4, 0.5) is 4.39 Å². The zero-order chi connectivity index (χ0) is 15.1. The molecule has 1 aromatic carbocycles. The first-order chi connectivity index (χ1) is 9.57. The van der Waals surface area contributed by atoms with Gasteiger partial charge in [0.1, 0.15) is 5.82 Å². The summed E-state index contributed by atoms with van der Waals surface area (Å²) in [4.78, 5) is 2.36. The molecule has 4 heteroatoms. The summed E-state index contributed by atoms with van der Waals surface area (Å²) in [6.07, 6.45) is 2.32. The number of rotatable bonds is 8. The van der Waals surface area contributed by atoms with Crippen molar-refractivity contribution in [3.8, 4) is 0 Å². The quantitative estimate of drug-likeness (QED) is 0.778. The Morgan fingerprint density at radius 1 is 1.25 bits per heavy atom. The van der Waals surface area contributed by atoms with Gasteiger partial charge in [0, 0.05) is 19.1 Å². The number of benzene rings is 1. The minimum atomic E-state index is -0.380. The molecule has 0 aliphatic heterocycles. The van der Waals surface area contributed by atoms with Gasteiger partial charge in [-0.05, 0) is 30.2 Å². The molecular formula is C16H26ClFN2. The molecule has 0 amide bonds. The molecule has 0 radical (unpaired) electrons. The lowest BCUT2D eigenvalue weighted by Gasteiger charge is -2.33. The predicted octanol–water partition coefficient (Wildman–Crippen LogP) is 4.24. The Hall–Kier alpha value is -0.640. The van der Waals surface area contributed by atoms with Gasteiger partial charge in [0.25, 0.3) is 0 Å². The van der Waals surface area contributed by atoms with Crippen LogP contribution in [0.3, 0.4) is 0 Å². The summed E-state index contributed by atoms with van der Waals surface area (Å²) in [6, 6.07) is 5.00. The fourth-order valence-electron chi connectivity index (χ4n) is 2.57. The first kappa shape index (κ1) is 17.4. The van der Waals surface area contributed by atoms with Crippen LogP contribution in [0.1, 0.15) is 45.2 Å². The molecule has 2 N–H and O–H groups in total. The highest BCUT2D eigenvalue weighted by atomic mass is 35.5. The van der Waals surface area contributed by atoms with Gasteiger partial charge in [0.05, 0.1) is 5.02 Å². The number of likely N-dealkylation sites (N-methyl/N-ethyl adjacent to an activating group) is 1. The van der Waals surface area contributed by atoms with Crippen molar-refractivity contribution < 1.29 is 4.39 Å². The Bertz CT molecular complexity index is 407. The SMILES string of the molecule is CCC(CC)CN(CC)C(CN)c1ccc(F)c(Cl)c1. The molecule has 0 aliphatic rings. The van der Waals surface area contributed by atoms with E-state index < -0.39 is 0 Å². The van der Waals surface area contributed by atoms with Crippen molar-refractivity contribution in [2.24, 2.45) is 11.7 Å². The minimum Gasteiger partial charge on any atom is -0.329 e. The van der Waals surface area contributed by atoms with E-state index in [-0.39, 0.29) is 16.9 Å². The highest BCUT2D eigenvalue weighted by Crippen LogP contribution is 2.26. The average Bonchev–Trinajstić information content (AvgIpc) is 2.46. The summed E-state index contributed by atoms with van der Waals surface area (Å²) >= 11 is 5.89. The van der Waals surface area contributed by atoms with Crippen LogP contribution in [0, 0.1) is 11.7 Å². The van der Waals surface area contributed by atoms with E-state index in [0.717, 1.165) is 31.5 Å². The van der Waals surface area contributed by atoms with Crippen molar-refractivity contribution in [2.45, 2.75) is 39.7 Å². The number of hydrogen-bond acceptors (Lipinski definition) is 2. The molecule has 1 atom stereocenters. The molecule has 0 aromatic heterocycles. The summed E-state index contributed by atoms with van der Waals surface area (Å²) in [5, 5.41) is 0.166. The van der Waals surface area contributed by atoms with Crippen molar-refractivity contribution >= 4 is 11.6 Å². The molecule has 0 spiro atoms. The van der Waals surface area contributed by atoms with Crippen LogP contribution in [-0.4, -0.2) is 24.5 Å². The molecule has 1 rings (SSSR count). The van der Waals surface area contributed by atoms with Gasteiger partial charge in [-0.15, -0.1) is 0 Å². The molecule has 0 aliphatic carbocycles. The average molecular weight is 301 g/mol. The standard InChI is InChI=1S/C16H26ClFN2/c1-4-12(5-2)11-20(6-3)16(10-19)13-7-8-15(18)14(17)9-13/h7-9,12,16H,4-6,10-11,19H2,1-3H3. The number of hydrogen-bond donors (Lipinski definition) is 1. The van der Waals surface area contributed by atoms with E-state index in [1.54, 1.807) is 12.1 Å². The third-order valence-electron chi connectivity index (χ3n) is 4.05. The Kier molecular flexibility index (Phi) is 7.49. The maximum Gasteiger partial charge on any atom is 0.141 e. The lowest BCUT2D eigenvalue weighted by atomic mass is 9.99. The molecule has 2 nitrogen and oxygen atoms in total. The van der Waals surface area contributed by atoms with E-state index in [0.29, 0.717) is 12.5 Å². The van der Waals surface area contributed by atoms with Crippen LogP contribution < -0.4 is 5.73 Å². The lowest BCUT2D eigenvalue weighted by Crippen LogP contribution is -2.37. The Morgan fingerprint density at radius 3 is 2.35 bits per heavy atom. The fraction of sp³-hybridized carbons (Fsp3) is 0.625. The zero-order valence-electron chi connectivity index (χ0n) is 12.7. The molecule has 20 heavy (non-hydrogen) atoms. The van der Waals surface area contributed by atoms with Gasteiger partial charge in [-0.1, -0.05) is 51.3 Å². The third kappa shape index (κ3) is 4.44. The highest BCUT2D eigenvalue weighted by molar-refractivity contribution is 6.30. The summed E-state index contributed by atoms with van der Waals surface area (Å²) in [5.41, 5.74) is 6.94. The molecule has 0 saturated heterocycles. The van der Waals surface area contributed by atoms with E-state index in [1.165, 1.54) is 6.07 Å². The van der Waals surface area contributed by atoms with Crippen LogP contribution in [0.25, 0.3) is 0 Å². The van der Waals surface area contributed by atoms with E-state index in [2.05, 4.69) is 25.7 Å². The second-order valence-corrected chi connectivity index (χ2v) is 5.60. The van der Waals surface area contributed by atoms with Crippen LogP contribution in [-0.2, 0) is 0 Å². The van der Waals surface area contributed by atoms with Gasteiger partial charge >= 0.3 is 0 Å². The van der Waals surface area contributed by atoms with E-state index in [1.807, 2.05) is 0 Å². The minimum absolute atomic E-state index is 0.0960. The summed E-state index contributed by atoms with van der Waals surface area (Å²) in [5.74, 6) is 0.286. The van der Waals surface area contributed by atoms with Gasteiger partial charge in [-0.3, -0.25) is 4.90 Å². The molecular weight excluding hydrogens is 275 g/mol. The van der Waals surface area contributed by atoms with Crippen LogP contribution in [0.5, 0.6) is 0 Å². The monoisotopic (exact) mass is 300 g/mol. The van der Waals surface area contributed by atoms with Crippen molar-refractivity contribution in [2.75, 3.05) is 19.6 Å². The molecule has 0 fully saturated rings. The first-order valence-corrected chi connectivity index (χ1v) is 7.84. The molecule has 114 valence electrons. The van der Waals surface area contributed by atoms with Crippen LogP contribution in [0.2, 0.25) is 5.02 Å². The summed E-state index contributed by atoms with van der Waals surface area (Å²) < 4.78 is 13.3. The molecule has 1 unspecified atom stereocenters. The molecule has 0 bridgehead atoms. The molecule has 0 saturated carbocycles. The van der Waals surface area contributed by atoms with Gasteiger partial charge < -0.3 is 5.73 Å². The smallest absolute Gasteiger partial charge is 0.141 e. The van der Waals surface area contributed by atoms with Crippen molar-refractivity contribution in [1.82, 2.24) is 4.90 Å². The third-order valence-corrected chi connectivity index (χ3v) is 4.34. The highest BCUT2D eigenvalue weighted by Gasteiger charge is 2.21. The first-order valence-electron chi connectivity index (χ1n) is 7.46. The van der Waals surface area contributed by atoms with Crippen LogP contribution >= 0.6 is 11.6 Å². The van der Waals surface area contributed by atoms with Gasteiger partial charge in [-0.2, -0.15) is 0 Å². The van der Waals surface area contributed by atoms with Crippen molar-refractivity contribution in [3.63, 3.8) is 0 Å². The van der Waals surface area contributed by atoms with Gasteiger partial charge in [0.15, 0.2) is 0 Å². The maximum atomic E-state index is 13.3.